The maximum absolute atomic E-state index is 13.2. The summed E-state index contributed by atoms with van der Waals surface area (Å²) in [6, 6.07) is 0. The highest BCUT2D eigenvalue weighted by Crippen LogP contribution is 2.37. The number of halogens is 1. The van der Waals surface area contributed by atoms with Crippen LogP contribution in [0.4, 0.5) is 4.39 Å². The summed E-state index contributed by atoms with van der Waals surface area (Å²) in [5.41, 5.74) is 0. The van der Waals surface area contributed by atoms with Crippen LogP contribution in [0.1, 0.15) is 58.3 Å². The molecule has 0 aromatic carbocycles. The van der Waals surface area contributed by atoms with Crippen LogP contribution in [0.15, 0.2) is 0 Å². The average molecular weight is 284 g/mol. The summed E-state index contributed by atoms with van der Waals surface area (Å²) in [6.45, 7) is 4.01. The topological polar surface area (TPSA) is 18.5 Å². The summed E-state index contributed by atoms with van der Waals surface area (Å²) in [6.07, 6.45) is 8.14. The molecule has 3 rings (SSSR count). The molecule has 2 aliphatic carbocycles. The minimum Gasteiger partial charge on any atom is -0.352 e. The van der Waals surface area contributed by atoms with Crippen molar-refractivity contribution in [3.8, 4) is 0 Å². The van der Waals surface area contributed by atoms with E-state index in [0.29, 0.717) is 17.8 Å². The summed E-state index contributed by atoms with van der Waals surface area (Å²) in [5.74, 6) is 2.60. The zero-order chi connectivity index (χ0) is 13.9. The highest BCUT2D eigenvalue weighted by atomic mass is 19.1. The van der Waals surface area contributed by atoms with Crippen molar-refractivity contribution in [1.29, 1.82) is 0 Å². The molecule has 0 spiro atoms. The SMILES string of the molecule is CC1CCC(C2OCC(C3CCC(F)CC3)CO2)CC1. The summed E-state index contributed by atoms with van der Waals surface area (Å²) in [7, 11) is 0. The van der Waals surface area contributed by atoms with E-state index in [1.165, 1.54) is 25.7 Å². The molecule has 1 aliphatic heterocycles. The van der Waals surface area contributed by atoms with Crippen molar-refractivity contribution >= 4 is 0 Å². The van der Waals surface area contributed by atoms with Crippen LogP contribution in [0, 0.1) is 23.7 Å². The van der Waals surface area contributed by atoms with Crippen molar-refractivity contribution in [1.82, 2.24) is 0 Å². The first kappa shape index (κ1) is 14.8. The van der Waals surface area contributed by atoms with Gasteiger partial charge in [-0.15, -0.1) is 0 Å². The molecule has 0 atom stereocenters. The van der Waals surface area contributed by atoms with E-state index in [1.807, 2.05) is 0 Å². The quantitative estimate of drug-likeness (QED) is 0.751. The smallest absolute Gasteiger partial charge is 0.160 e. The van der Waals surface area contributed by atoms with E-state index >= 15 is 0 Å². The van der Waals surface area contributed by atoms with Gasteiger partial charge >= 0.3 is 0 Å². The number of alkyl halides is 1. The van der Waals surface area contributed by atoms with E-state index in [1.54, 1.807) is 0 Å². The summed E-state index contributed by atoms with van der Waals surface area (Å²) >= 11 is 0. The third kappa shape index (κ3) is 3.54. The van der Waals surface area contributed by atoms with Gasteiger partial charge in [0.05, 0.1) is 13.2 Å². The fourth-order valence-electron chi connectivity index (χ4n) is 4.19. The molecule has 0 aromatic heterocycles. The van der Waals surface area contributed by atoms with E-state index < -0.39 is 6.17 Å². The Morgan fingerprint density at radius 2 is 1.25 bits per heavy atom. The van der Waals surface area contributed by atoms with Crippen molar-refractivity contribution in [3.05, 3.63) is 0 Å². The minimum atomic E-state index is -0.561. The lowest BCUT2D eigenvalue weighted by Crippen LogP contribution is -2.41. The lowest BCUT2D eigenvalue weighted by molar-refractivity contribution is -0.237. The number of hydrogen-bond acceptors (Lipinski definition) is 2. The molecule has 1 heterocycles. The predicted molar refractivity (Wildman–Crippen MR) is 77.2 cm³/mol. The Morgan fingerprint density at radius 3 is 1.85 bits per heavy atom. The molecule has 0 N–H and O–H groups in total. The van der Waals surface area contributed by atoms with Crippen LogP contribution in [-0.4, -0.2) is 25.7 Å². The van der Waals surface area contributed by atoms with Gasteiger partial charge in [0.25, 0.3) is 0 Å². The van der Waals surface area contributed by atoms with E-state index in [0.717, 1.165) is 44.8 Å². The molecule has 3 aliphatic rings. The Morgan fingerprint density at radius 1 is 0.700 bits per heavy atom. The first-order valence-electron chi connectivity index (χ1n) is 8.59. The highest BCUT2D eigenvalue weighted by molar-refractivity contribution is 4.81. The standard InChI is InChI=1S/C17H29FO2/c1-12-2-4-14(5-3-12)17-19-10-15(11-20-17)13-6-8-16(18)9-7-13/h12-17H,2-11H2,1H3. The molecule has 3 heteroatoms. The Balaban J connectivity index is 1.42. The Bertz CT molecular complexity index is 255. The molecular weight excluding hydrogens is 255 g/mol. The third-order valence-electron chi connectivity index (χ3n) is 5.76. The molecule has 20 heavy (non-hydrogen) atoms. The van der Waals surface area contributed by atoms with Crippen LogP contribution < -0.4 is 0 Å². The van der Waals surface area contributed by atoms with Crippen molar-refractivity contribution in [2.45, 2.75) is 70.8 Å². The van der Waals surface area contributed by atoms with E-state index in [9.17, 15) is 4.39 Å². The summed E-state index contributed by atoms with van der Waals surface area (Å²) in [5, 5.41) is 0. The Labute approximate surface area is 122 Å². The maximum Gasteiger partial charge on any atom is 0.160 e. The second kappa shape index (κ2) is 6.74. The van der Waals surface area contributed by atoms with Gasteiger partial charge in [0.1, 0.15) is 6.17 Å². The average Bonchev–Trinajstić information content (AvgIpc) is 2.49. The van der Waals surface area contributed by atoms with Crippen LogP contribution in [0.5, 0.6) is 0 Å². The van der Waals surface area contributed by atoms with Gasteiger partial charge in [0, 0.05) is 11.8 Å². The number of hydrogen-bond donors (Lipinski definition) is 0. The van der Waals surface area contributed by atoms with Gasteiger partial charge in [-0.1, -0.05) is 19.8 Å². The van der Waals surface area contributed by atoms with Gasteiger partial charge < -0.3 is 9.47 Å². The molecule has 0 amide bonds. The van der Waals surface area contributed by atoms with Crippen LogP contribution >= 0.6 is 0 Å². The second-order valence-electron chi connectivity index (χ2n) is 7.33. The molecule has 2 nitrogen and oxygen atoms in total. The lowest BCUT2D eigenvalue weighted by Gasteiger charge is -2.40. The third-order valence-corrected chi connectivity index (χ3v) is 5.76. The fourth-order valence-corrected chi connectivity index (χ4v) is 4.19. The van der Waals surface area contributed by atoms with Gasteiger partial charge in [0.2, 0.25) is 0 Å². The normalized spacial score (nSPS) is 47.1. The van der Waals surface area contributed by atoms with Gasteiger partial charge in [0.15, 0.2) is 6.29 Å². The molecule has 0 bridgehead atoms. The molecule has 0 aromatic rings. The first-order valence-corrected chi connectivity index (χ1v) is 8.59. The van der Waals surface area contributed by atoms with E-state index in [2.05, 4.69) is 6.92 Å². The van der Waals surface area contributed by atoms with Crippen LogP contribution in [0.2, 0.25) is 0 Å². The number of ether oxygens (including phenoxy) is 2. The lowest BCUT2D eigenvalue weighted by atomic mass is 9.79. The Kier molecular flexibility index (Phi) is 4.98. The highest BCUT2D eigenvalue weighted by Gasteiger charge is 2.35. The molecular formula is C17H29FO2. The van der Waals surface area contributed by atoms with Gasteiger partial charge in [-0.05, 0) is 50.4 Å². The molecule has 0 radical (unpaired) electrons. The zero-order valence-corrected chi connectivity index (χ0v) is 12.7. The van der Waals surface area contributed by atoms with Crippen molar-refractivity contribution in [2.24, 2.45) is 23.7 Å². The minimum absolute atomic E-state index is 0.0382. The zero-order valence-electron chi connectivity index (χ0n) is 12.7. The van der Waals surface area contributed by atoms with Gasteiger partial charge in [-0.25, -0.2) is 4.39 Å². The van der Waals surface area contributed by atoms with E-state index in [4.69, 9.17) is 9.47 Å². The van der Waals surface area contributed by atoms with Gasteiger partial charge in [-0.2, -0.15) is 0 Å². The second-order valence-corrected chi connectivity index (χ2v) is 7.33. The van der Waals surface area contributed by atoms with Crippen molar-refractivity contribution in [3.63, 3.8) is 0 Å². The number of rotatable bonds is 2. The van der Waals surface area contributed by atoms with Crippen LogP contribution in [0.3, 0.4) is 0 Å². The molecule has 0 unspecified atom stereocenters. The maximum atomic E-state index is 13.2. The van der Waals surface area contributed by atoms with Gasteiger partial charge in [-0.3, -0.25) is 0 Å². The summed E-state index contributed by atoms with van der Waals surface area (Å²) in [4.78, 5) is 0. The summed E-state index contributed by atoms with van der Waals surface area (Å²) < 4.78 is 25.3. The first-order chi connectivity index (χ1) is 9.72. The largest absolute Gasteiger partial charge is 0.352 e. The van der Waals surface area contributed by atoms with Crippen LogP contribution in [-0.2, 0) is 9.47 Å². The fraction of sp³-hybridized carbons (Fsp3) is 1.00. The van der Waals surface area contributed by atoms with Crippen LogP contribution in [0.25, 0.3) is 0 Å². The van der Waals surface area contributed by atoms with Crippen molar-refractivity contribution < 1.29 is 13.9 Å². The predicted octanol–water partition coefficient (Wildman–Crippen LogP) is 4.33. The Hall–Kier alpha value is -0.150. The molecule has 2 saturated carbocycles. The molecule has 3 fully saturated rings. The van der Waals surface area contributed by atoms with E-state index in [-0.39, 0.29) is 6.29 Å². The molecule has 1 saturated heterocycles. The monoisotopic (exact) mass is 284 g/mol. The molecule has 116 valence electrons. The van der Waals surface area contributed by atoms with Crippen molar-refractivity contribution in [2.75, 3.05) is 13.2 Å².